The van der Waals surface area contributed by atoms with E-state index in [1.807, 2.05) is 17.0 Å². The highest BCUT2D eigenvalue weighted by molar-refractivity contribution is 7.99. The Morgan fingerprint density at radius 2 is 1.91 bits per heavy atom. The number of benzene rings is 1. The molecule has 7 heteroatoms. The topological polar surface area (TPSA) is 59.2 Å². The highest BCUT2D eigenvalue weighted by Gasteiger charge is 2.18. The summed E-state index contributed by atoms with van der Waals surface area (Å²) < 4.78 is 5.57. The predicted molar refractivity (Wildman–Crippen MR) is 85.9 cm³/mol. The van der Waals surface area contributed by atoms with E-state index in [2.05, 4.69) is 10.2 Å². The average molecular weight is 338 g/mol. The first kappa shape index (κ1) is 15.4. The SMILES string of the molecule is O=C(CSc1nnc(-c2ccc(Cl)cc2)o1)N1CCCCC1. The number of halogens is 1. The lowest BCUT2D eigenvalue weighted by atomic mass is 10.1. The molecule has 0 aliphatic carbocycles. The van der Waals surface area contributed by atoms with Gasteiger partial charge in [-0.3, -0.25) is 4.79 Å². The molecule has 1 aliphatic rings. The molecule has 1 saturated heterocycles. The van der Waals surface area contributed by atoms with E-state index in [0.29, 0.717) is 21.9 Å². The van der Waals surface area contributed by atoms with Crippen LogP contribution in [0.1, 0.15) is 19.3 Å². The summed E-state index contributed by atoms with van der Waals surface area (Å²) in [6.07, 6.45) is 3.40. The summed E-state index contributed by atoms with van der Waals surface area (Å²) >= 11 is 7.13. The zero-order chi connectivity index (χ0) is 15.4. The third kappa shape index (κ3) is 3.81. The molecule has 1 aromatic carbocycles. The second kappa shape index (κ2) is 7.15. The zero-order valence-corrected chi connectivity index (χ0v) is 13.6. The van der Waals surface area contributed by atoms with Gasteiger partial charge in [0.2, 0.25) is 11.8 Å². The molecule has 116 valence electrons. The number of likely N-dealkylation sites (tertiary alicyclic amines) is 1. The Bertz CT molecular complexity index is 638. The molecule has 1 aliphatic heterocycles. The maximum Gasteiger partial charge on any atom is 0.277 e. The minimum atomic E-state index is 0.135. The van der Waals surface area contributed by atoms with E-state index in [1.165, 1.54) is 18.2 Å². The Kier molecular flexibility index (Phi) is 5.00. The van der Waals surface area contributed by atoms with Crippen LogP contribution in [0.15, 0.2) is 33.9 Å². The summed E-state index contributed by atoms with van der Waals surface area (Å²) in [5, 5.41) is 9.05. The number of piperidine rings is 1. The molecule has 0 bridgehead atoms. The molecule has 0 saturated carbocycles. The second-order valence-corrected chi connectivity index (χ2v) is 6.47. The van der Waals surface area contributed by atoms with Crippen molar-refractivity contribution >= 4 is 29.3 Å². The molecule has 2 aromatic rings. The van der Waals surface area contributed by atoms with Crippen LogP contribution >= 0.6 is 23.4 Å². The fraction of sp³-hybridized carbons (Fsp3) is 0.400. The quantitative estimate of drug-likeness (QED) is 0.799. The third-order valence-corrected chi connectivity index (χ3v) is 4.58. The number of hydrogen-bond donors (Lipinski definition) is 0. The van der Waals surface area contributed by atoms with Crippen molar-refractivity contribution in [2.24, 2.45) is 0 Å². The van der Waals surface area contributed by atoms with Crippen molar-refractivity contribution in [1.29, 1.82) is 0 Å². The Balaban J connectivity index is 1.57. The van der Waals surface area contributed by atoms with Crippen molar-refractivity contribution in [3.8, 4) is 11.5 Å². The van der Waals surface area contributed by atoms with Gasteiger partial charge < -0.3 is 9.32 Å². The lowest BCUT2D eigenvalue weighted by molar-refractivity contribution is -0.129. The monoisotopic (exact) mass is 337 g/mol. The molecule has 3 rings (SSSR count). The van der Waals surface area contributed by atoms with Crippen LogP contribution < -0.4 is 0 Å². The van der Waals surface area contributed by atoms with Crippen LogP contribution in [0, 0.1) is 0 Å². The van der Waals surface area contributed by atoms with Gasteiger partial charge in [-0.2, -0.15) is 0 Å². The summed E-state index contributed by atoms with van der Waals surface area (Å²) in [5.41, 5.74) is 0.811. The van der Waals surface area contributed by atoms with Crippen LogP contribution in [0.25, 0.3) is 11.5 Å². The smallest absolute Gasteiger partial charge is 0.277 e. The number of thioether (sulfide) groups is 1. The summed E-state index contributed by atoms with van der Waals surface area (Å²) in [6.45, 7) is 1.72. The van der Waals surface area contributed by atoms with Gasteiger partial charge in [0.1, 0.15) is 0 Å². The number of carbonyl (C=O) groups excluding carboxylic acids is 1. The summed E-state index contributed by atoms with van der Waals surface area (Å²) in [7, 11) is 0. The van der Waals surface area contributed by atoms with Crippen LogP contribution in [0.4, 0.5) is 0 Å². The average Bonchev–Trinajstić information content (AvgIpc) is 3.03. The highest BCUT2D eigenvalue weighted by Crippen LogP contribution is 2.24. The molecule has 1 aromatic heterocycles. The standard InChI is InChI=1S/C15H16ClN3O2S/c16-12-6-4-11(5-7-12)14-17-18-15(21-14)22-10-13(20)19-8-2-1-3-9-19/h4-7H,1-3,8-10H2. The van der Waals surface area contributed by atoms with Crippen LogP contribution in [-0.4, -0.2) is 39.8 Å². The van der Waals surface area contributed by atoms with E-state index in [-0.39, 0.29) is 5.91 Å². The van der Waals surface area contributed by atoms with Gasteiger partial charge >= 0.3 is 0 Å². The van der Waals surface area contributed by atoms with Crippen LogP contribution in [0.5, 0.6) is 0 Å². The third-order valence-electron chi connectivity index (χ3n) is 3.53. The molecule has 0 unspecified atom stereocenters. The fourth-order valence-electron chi connectivity index (χ4n) is 2.34. The summed E-state index contributed by atoms with van der Waals surface area (Å²) in [6, 6.07) is 7.19. The Hall–Kier alpha value is -1.53. The molecule has 1 amide bonds. The van der Waals surface area contributed by atoms with Crippen molar-refractivity contribution in [2.45, 2.75) is 24.5 Å². The molecular formula is C15H16ClN3O2S. The number of nitrogens with zero attached hydrogens (tertiary/aromatic N) is 3. The maximum absolute atomic E-state index is 12.1. The molecule has 0 atom stereocenters. The number of aromatic nitrogens is 2. The van der Waals surface area contributed by atoms with E-state index in [4.69, 9.17) is 16.0 Å². The Labute approximate surface area is 138 Å². The normalized spacial score (nSPS) is 15.0. The lowest BCUT2D eigenvalue weighted by Crippen LogP contribution is -2.36. The number of amides is 1. The van der Waals surface area contributed by atoms with Crippen LogP contribution in [0.2, 0.25) is 5.02 Å². The van der Waals surface area contributed by atoms with Crippen LogP contribution in [-0.2, 0) is 4.79 Å². The molecule has 5 nitrogen and oxygen atoms in total. The van der Waals surface area contributed by atoms with Gasteiger partial charge in [0, 0.05) is 23.7 Å². The number of carbonyl (C=O) groups is 1. The zero-order valence-electron chi connectivity index (χ0n) is 12.0. The molecule has 2 heterocycles. The van der Waals surface area contributed by atoms with Gasteiger partial charge in [-0.05, 0) is 43.5 Å². The first-order chi connectivity index (χ1) is 10.7. The van der Waals surface area contributed by atoms with E-state index < -0.39 is 0 Å². The van der Waals surface area contributed by atoms with Gasteiger partial charge in [0.25, 0.3) is 5.22 Å². The maximum atomic E-state index is 12.1. The van der Waals surface area contributed by atoms with Crippen LogP contribution in [0.3, 0.4) is 0 Å². The summed E-state index contributed by atoms with van der Waals surface area (Å²) in [5.74, 6) is 0.906. The highest BCUT2D eigenvalue weighted by atomic mass is 35.5. The van der Waals surface area contributed by atoms with E-state index >= 15 is 0 Å². The number of rotatable bonds is 4. The molecule has 0 spiro atoms. The molecule has 22 heavy (non-hydrogen) atoms. The van der Waals surface area contributed by atoms with Crippen molar-refractivity contribution in [3.63, 3.8) is 0 Å². The summed E-state index contributed by atoms with van der Waals surface area (Å²) in [4.78, 5) is 14.0. The van der Waals surface area contributed by atoms with Crippen molar-refractivity contribution in [3.05, 3.63) is 29.3 Å². The first-order valence-corrected chi connectivity index (χ1v) is 8.59. The minimum Gasteiger partial charge on any atom is -0.411 e. The first-order valence-electron chi connectivity index (χ1n) is 7.22. The molecule has 0 N–H and O–H groups in total. The fourth-order valence-corrected chi connectivity index (χ4v) is 3.13. The van der Waals surface area contributed by atoms with Gasteiger partial charge in [-0.25, -0.2) is 0 Å². The van der Waals surface area contributed by atoms with Gasteiger partial charge in [0.05, 0.1) is 5.75 Å². The van der Waals surface area contributed by atoms with Crippen molar-refractivity contribution < 1.29 is 9.21 Å². The van der Waals surface area contributed by atoms with E-state index in [9.17, 15) is 4.79 Å². The van der Waals surface area contributed by atoms with Crippen molar-refractivity contribution in [2.75, 3.05) is 18.8 Å². The minimum absolute atomic E-state index is 0.135. The second-order valence-electron chi connectivity index (χ2n) is 5.11. The Morgan fingerprint density at radius 1 is 1.18 bits per heavy atom. The largest absolute Gasteiger partial charge is 0.411 e. The van der Waals surface area contributed by atoms with Gasteiger partial charge in [-0.1, -0.05) is 23.4 Å². The van der Waals surface area contributed by atoms with E-state index in [1.54, 1.807) is 12.1 Å². The molecular weight excluding hydrogens is 322 g/mol. The van der Waals surface area contributed by atoms with Gasteiger partial charge in [-0.15, -0.1) is 10.2 Å². The number of hydrogen-bond acceptors (Lipinski definition) is 5. The van der Waals surface area contributed by atoms with Gasteiger partial charge in [0.15, 0.2) is 0 Å². The lowest BCUT2D eigenvalue weighted by Gasteiger charge is -2.26. The molecule has 1 fully saturated rings. The Morgan fingerprint density at radius 3 is 2.64 bits per heavy atom. The predicted octanol–water partition coefficient (Wildman–Crippen LogP) is 3.49. The van der Waals surface area contributed by atoms with Crippen molar-refractivity contribution in [1.82, 2.24) is 15.1 Å². The van der Waals surface area contributed by atoms with E-state index in [0.717, 1.165) is 31.5 Å². The molecule has 0 radical (unpaired) electrons.